The molecule has 2 aromatic carbocycles. The molecule has 4 nitrogen and oxygen atoms in total. The maximum Gasteiger partial charge on any atom is 0.160 e. The summed E-state index contributed by atoms with van der Waals surface area (Å²) in [6.45, 7) is 0.617. The van der Waals surface area contributed by atoms with Crippen molar-refractivity contribution in [3.63, 3.8) is 0 Å². The summed E-state index contributed by atoms with van der Waals surface area (Å²) in [6.07, 6.45) is 0. The van der Waals surface area contributed by atoms with Gasteiger partial charge in [-0.2, -0.15) is 0 Å². The number of aromatic hydroxyl groups is 2. The number of phenols is 2. The monoisotopic (exact) mass is 245 g/mol. The zero-order valence-corrected chi connectivity index (χ0v) is 10.1. The van der Waals surface area contributed by atoms with E-state index in [2.05, 4.69) is 5.32 Å². The van der Waals surface area contributed by atoms with Crippen LogP contribution in [0.3, 0.4) is 0 Å². The molecule has 0 saturated heterocycles. The lowest BCUT2D eigenvalue weighted by Gasteiger charge is -2.09. The summed E-state index contributed by atoms with van der Waals surface area (Å²) in [7, 11) is 1.51. The van der Waals surface area contributed by atoms with E-state index in [9.17, 15) is 5.11 Å². The molecule has 0 radical (unpaired) electrons. The molecule has 0 aliphatic heterocycles. The highest BCUT2D eigenvalue weighted by molar-refractivity contribution is 5.54. The van der Waals surface area contributed by atoms with E-state index in [-0.39, 0.29) is 11.5 Å². The normalized spacial score (nSPS) is 10.1. The third-order valence-corrected chi connectivity index (χ3v) is 2.61. The van der Waals surface area contributed by atoms with E-state index in [1.54, 1.807) is 24.3 Å². The summed E-state index contributed by atoms with van der Waals surface area (Å²) in [4.78, 5) is 0. The van der Waals surface area contributed by atoms with Gasteiger partial charge < -0.3 is 20.3 Å². The van der Waals surface area contributed by atoms with Crippen molar-refractivity contribution < 1.29 is 14.9 Å². The number of hydrogen-bond donors (Lipinski definition) is 3. The molecular weight excluding hydrogens is 230 g/mol. The summed E-state index contributed by atoms with van der Waals surface area (Å²) in [6, 6.07) is 12.1. The molecule has 0 spiro atoms. The Hall–Kier alpha value is -2.36. The van der Waals surface area contributed by atoms with Crippen LogP contribution in [-0.2, 0) is 6.54 Å². The molecule has 3 N–H and O–H groups in total. The Morgan fingerprint density at radius 3 is 2.39 bits per heavy atom. The third-order valence-electron chi connectivity index (χ3n) is 2.61. The molecule has 4 heteroatoms. The molecule has 0 fully saturated rings. The highest BCUT2D eigenvalue weighted by Gasteiger charge is 2.02. The summed E-state index contributed by atoms with van der Waals surface area (Å²) in [5.74, 6) is 0.805. The van der Waals surface area contributed by atoms with Gasteiger partial charge >= 0.3 is 0 Å². The van der Waals surface area contributed by atoms with Crippen LogP contribution in [0.1, 0.15) is 5.56 Å². The molecule has 0 bridgehead atoms. The van der Waals surface area contributed by atoms with Gasteiger partial charge in [0.15, 0.2) is 11.5 Å². The van der Waals surface area contributed by atoms with Crippen LogP contribution >= 0.6 is 0 Å². The number of rotatable bonds is 4. The first-order chi connectivity index (χ1) is 8.69. The first-order valence-electron chi connectivity index (χ1n) is 5.58. The lowest BCUT2D eigenvalue weighted by atomic mass is 10.2. The third kappa shape index (κ3) is 2.85. The number of hydrogen-bond acceptors (Lipinski definition) is 4. The van der Waals surface area contributed by atoms with E-state index in [0.717, 1.165) is 11.3 Å². The Kier molecular flexibility index (Phi) is 3.57. The molecule has 0 saturated carbocycles. The maximum absolute atomic E-state index is 9.63. The molecular formula is C14H15NO3. The summed E-state index contributed by atoms with van der Waals surface area (Å²) in [5.41, 5.74) is 1.85. The van der Waals surface area contributed by atoms with E-state index < -0.39 is 0 Å². The number of ether oxygens (including phenoxy) is 1. The topological polar surface area (TPSA) is 61.7 Å². The fourth-order valence-electron chi connectivity index (χ4n) is 1.62. The molecule has 0 aliphatic carbocycles. The van der Waals surface area contributed by atoms with Crippen LogP contribution in [0.15, 0.2) is 42.5 Å². The lowest BCUT2D eigenvalue weighted by molar-refractivity contribution is 0.373. The fourth-order valence-corrected chi connectivity index (χ4v) is 1.62. The summed E-state index contributed by atoms with van der Waals surface area (Å²) >= 11 is 0. The van der Waals surface area contributed by atoms with Crippen molar-refractivity contribution in [2.45, 2.75) is 6.54 Å². The van der Waals surface area contributed by atoms with Crippen molar-refractivity contribution in [2.75, 3.05) is 12.4 Å². The van der Waals surface area contributed by atoms with E-state index in [0.29, 0.717) is 12.3 Å². The molecule has 0 amide bonds. The number of methoxy groups -OCH3 is 1. The molecule has 94 valence electrons. The zero-order valence-electron chi connectivity index (χ0n) is 10.1. The molecule has 0 unspecified atom stereocenters. The van der Waals surface area contributed by atoms with Crippen LogP contribution in [0.2, 0.25) is 0 Å². The van der Waals surface area contributed by atoms with Crippen LogP contribution in [0, 0.1) is 0 Å². The molecule has 0 heterocycles. The largest absolute Gasteiger partial charge is 0.508 e. The Bertz CT molecular complexity index is 523. The van der Waals surface area contributed by atoms with Crippen LogP contribution in [0.25, 0.3) is 0 Å². The minimum absolute atomic E-state index is 0.105. The number of nitrogens with one attached hydrogen (secondary N) is 1. The van der Waals surface area contributed by atoms with Crippen molar-refractivity contribution in [1.29, 1.82) is 0 Å². The quantitative estimate of drug-likeness (QED) is 0.775. The van der Waals surface area contributed by atoms with Crippen LogP contribution in [0.4, 0.5) is 5.69 Å². The molecule has 2 rings (SSSR count). The molecule has 0 aliphatic rings. The van der Waals surface area contributed by atoms with Gasteiger partial charge in [-0.05, 0) is 29.8 Å². The minimum Gasteiger partial charge on any atom is -0.508 e. The van der Waals surface area contributed by atoms with Gasteiger partial charge in [-0.15, -0.1) is 0 Å². The second-order valence-electron chi connectivity index (χ2n) is 3.91. The number of phenolic OH excluding ortho intramolecular Hbond substituents is 2. The second-order valence-corrected chi connectivity index (χ2v) is 3.91. The molecule has 0 aromatic heterocycles. The lowest BCUT2D eigenvalue weighted by Crippen LogP contribution is -1.99. The van der Waals surface area contributed by atoms with Gasteiger partial charge in [-0.1, -0.05) is 12.1 Å². The average Bonchev–Trinajstić information content (AvgIpc) is 2.38. The van der Waals surface area contributed by atoms with Crippen molar-refractivity contribution in [1.82, 2.24) is 0 Å². The molecule has 18 heavy (non-hydrogen) atoms. The van der Waals surface area contributed by atoms with Crippen molar-refractivity contribution in [3.8, 4) is 17.2 Å². The Labute approximate surface area is 105 Å². The standard InChI is InChI=1S/C14H15NO3/c1-18-14-7-4-11(8-13(14)17)15-9-10-2-5-12(16)6-3-10/h2-8,15-17H,9H2,1H3. The Morgan fingerprint density at radius 2 is 1.78 bits per heavy atom. The predicted molar refractivity (Wildman–Crippen MR) is 70.1 cm³/mol. The first-order valence-corrected chi connectivity index (χ1v) is 5.58. The summed E-state index contributed by atoms with van der Waals surface area (Å²) < 4.78 is 4.97. The smallest absolute Gasteiger partial charge is 0.160 e. The maximum atomic E-state index is 9.63. The van der Waals surface area contributed by atoms with E-state index in [1.165, 1.54) is 7.11 Å². The number of benzene rings is 2. The average molecular weight is 245 g/mol. The van der Waals surface area contributed by atoms with E-state index in [4.69, 9.17) is 9.84 Å². The van der Waals surface area contributed by atoms with Gasteiger partial charge in [-0.3, -0.25) is 0 Å². The second kappa shape index (κ2) is 5.31. The first kappa shape index (κ1) is 12.1. The van der Waals surface area contributed by atoms with Gasteiger partial charge in [0.1, 0.15) is 5.75 Å². The van der Waals surface area contributed by atoms with Crippen LogP contribution < -0.4 is 10.1 Å². The van der Waals surface area contributed by atoms with Gasteiger partial charge in [0.05, 0.1) is 7.11 Å². The van der Waals surface area contributed by atoms with Gasteiger partial charge in [0, 0.05) is 18.3 Å². The van der Waals surface area contributed by atoms with Crippen LogP contribution in [0.5, 0.6) is 17.2 Å². The Balaban J connectivity index is 2.02. The SMILES string of the molecule is COc1ccc(NCc2ccc(O)cc2)cc1O. The van der Waals surface area contributed by atoms with Crippen molar-refractivity contribution in [3.05, 3.63) is 48.0 Å². The molecule has 0 atom stereocenters. The van der Waals surface area contributed by atoms with E-state index >= 15 is 0 Å². The van der Waals surface area contributed by atoms with Crippen molar-refractivity contribution >= 4 is 5.69 Å². The minimum atomic E-state index is 0.105. The summed E-state index contributed by atoms with van der Waals surface area (Å²) in [5, 5.41) is 22.0. The van der Waals surface area contributed by atoms with E-state index in [1.807, 2.05) is 18.2 Å². The highest BCUT2D eigenvalue weighted by atomic mass is 16.5. The Morgan fingerprint density at radius 1 is 1.06 bits per heavy atom. The number of anilines is 1. The van der Waals surface area contributed by atoms with Gasteiger partial charge in [0.2, 0.25) is 0 Å². The van der Waals surface area contributed by atoms with Gasteiger partial charge in [-0.25, -0.2) is 0 Å². The highest BCUT2D eigenvalue weighted by Crippen LogP contribution is 2.28. The van der Waals surface area contributed by atoms with Gasteiger partial charge in [0.25, 0.3) is 0 Å². The fraction of sp³-hybridized carbons (Fsp3) is 0.143. The predicted octanol–water partition coefficient (Wildman–Crippen LogP) is 2.72. The molecule has 2 aromatic rings. The zero-order chi connectivity index (χ0) is 13.0. The van der Waals surface area contributed by atoms with Crippen LogP contribution in [-0.4, -0.2) is 17.3 Å². The van der Waals surface area contributed by atoms with Crippen molar-refractivity contribution in [2.24, 2.45) is 0 Å².